The van der Waals surface area contributed by atoms with E-state index in [-0.39, 0.29) is 24.4 Å². The van der Waals surface area contributed by atoms with E-state index in [4.69, 9.17) is 0 Å². The fraction of sp³-hybridized carbons (Fsp3) is 0.688. The van der Waals surface area contributed by atoms with Gasteiger partial charge in [-0.1, -0.05) is 27.7 Å². The molecule has 1 heterocycles. The molecule has 0 aliphatic carbocycles. The van der Waals surface area contributed by atoms with Gasteiger partial charge in [0.1, 0.15) is 0 Å². The summed E-state index contributed by atoms with van der Waals surface area (Å²) in [6.45, 7) is 10.2. The van der Waals surface area contributed by atoms with Crippen LogP contribution in [0.25, 0.3) is 0 Å². The number of hydrogen-bond acceptors (Lipinski definition) is 4. The van der Waals surface area contributed by atoms with E-state index < -0.39 is 0 Å². The van der Waals surface area contributed by atoms with E-state index in [1.54, 1.807) is 11.3 Å². The predicted molar refractivity (Wildman–Crippen MR) is 89.8 cm³/mol. The Morgan fingerprint density at radius 1 is 1.18 bits per heavy atom. The topological polar surface area (TPSA) is 71.1 Å². The summed E-state index contributed by atoms with van der Waals surface area (Å²) < 4.78 is 0. The highest BCUT2D eigenvalue weighted by atomic mass is 32.1. The van der Waals surface area contributed by atoms with Crippen LogP contribution in [0.2, 0.25) is 0 Å². The number of nitrogens with one attached hydrogen (secondary N) is 2. The van der Waals surface area contributed by atoms with Crippen LogP contribution in [0, 0.1) is 5.92 Å². The largest absolute Gasteiger partial charge is 0.347 e. The Kier molecular flexibility index (Phi) is 7.51. The van der Waals surface area contributed by atoms with Crippen LogP contribution >= 0.6 is 11.3 Å². The number of hydrogen-bond donors (Lipinski definition) is 2. The average molecular weight is 325 g/mol. The molecule has 2 N–H and O–H groups in total. The van der Waals surface area contributed by atoms with Gasteiger partial charge in [-0.3, -0.25) is 9.59 Å². The van der Waals surface area contributed by atoms with Gasteiger partial charge in [0.15, 0.2) is 0 Å². The third kappa shape index (κ3) is 6.56. The summed E-state index contributed by atoms with van der Waals surface area (Å²) in [6, 6.07) is -0.149. The molecule has 1 aromatic heterocycles. The molecule has 5 nitrogen and oxygen atoms in total. The van der Waals surface area contributed by atoms with E-state index >= 15 is 0 Å². The van der Waals surface area contributed by atoms with Crippen LogP contribution in [0.5, 0.6) is 0 Å². The van der Waals surface area contributed by atoms with Crippen LogP contribution in [0.1, 0.15) is 70.1 Å². The van der Waals surface area contributed by atoms with Crippen LogP contribution in [0.15, 0.2) is 5.38 Å². The third-order valence-electron chi connectivity index (χ3n) is 3.25. The van der Waals surface area contributed by atoms with E-state index in [0.717, 1.165) is 17.1 Å². The zero-order valence-electron chi connectivity index (χ0n) is 14.1. The van der Waals surface area contributed by atoms with Crippen LogP contribution in [-0.4, -0.2) is 23.3 Å². The van der Waals surface area contributed by atoms with Crippen molar-refractivity contribution in [2.45, 2.75) is 59.4 Å². The summed E-state index contributed by atoms with van der Waals surface area (Å²) >= 11 is 1.61. The lowest BCUT2D eigenvalue weighted by Gasteiger charge is -2.12. The first-order chi connectivity index (χ1) is 10.3. The van der Waals surface area contributed by atoms with Gasteiger partial charge in [0.25, 0.3) is 0 Å². The van der Waals surface area contributed by atoms with E-state index in [1.807, 2.05) is 12.3 Å². The molecule has 0 saturated carbocycles. The molecular weight excluding hydrogens is 298 g/mol. The number of carbonyl (C=O) groups excluding carboxylic acids is 2. The second kappa shape index (κ2) is 8.88. The van der Waals surface area contributed by atoms with Gasteiger partial charge in [-0.15, -0.1) is 11.3 Å². The molecule has 0 saturated heterocycles. The molecule has 1 rings (SSSR count). The minimum atomic E-state index is -0.190. The standard InChI is InChI=1S/C16H27N3O2S/c1-10(2)6-7-14(20)17-8-15(21)18-12(5)13-9-22-16(19-13)11(3)4/h9-12H,6-8H2,1-5H3,(H,17,20)(H,18,21). The predicted octanol–water partition coefficient (Wildman–Crippen LogP) is 3.00. The van der Waals surface area contributed by atoms with Gasteiger partial charge in [-0.05, 0) is 19.3 Å². The van der Waals surface area contributed by atoms with Gasteiger partial charge in [0, 0.05) is 17.7 Å². The SMILES string of the molecule is CC(C)CCC(=O)NCC(=O)NC(C)c1csc(C(C)C)n1. The molecule has 2 amide bonds. The Morgan fingerprint density at radius 3 is 2.41 bits per heavy atom. The lowest BCUT2D eigenvalue weighted by atomic mass is 10.1. The van der Waals surface area contributed by atoms with Crippen LogP contribution in [0.4, 0.5) is 0 Å². The second-order valence-electron chi connectivity index (χ2n) is 6.26. The van der Waals surface area contributed by atoms with Crippen molar-refractivity contribution in [3.63, 3.8) is 0 Å². The Labute approximate surface area is 136 Å². The smallest absolute Gasteiger partial charge is 0.239 e. The fourth-order valence-corrected chi connectivity index (χ4v) is 2.75. The summed E-state index contributed by atoms with van der Waals surface area (Å²) in [4.78, 5) is 28.0. The van der Waals surface area contributed by atoms with Crippen molar-refractivity contribution >= 4 is 23.2 Å². The van der Waals surface area contributed by atoms with Crippen molar-refractivity contribution in [2.24, 2.45) is 5.92 Å². The summed E-state index contributed by atoms with van der Waals surface area (Å²) in [5.41, 5.74) is 0.869. The molecule has 0 radical (unpaired) electrons. The zero-order valence-corrected chi connectivity index (χ0v) is 14.9. The average Bonchev–Trinajstić information content (AvgIpc) is 2.92. The van der Waals surface area contributed by atoms with Crippen LogP contribution in [0.3, 0.4) is 0 Å². The van der Waals surface area contributed by atoms with E-state index in [9.17, 15) is 9.59 Å². The molecule has 0 aliphatic heterocycles. The normalized spacial score (nSPS) is 12.5. The molecule has 0 aromatic carbocycles. The summed E-state index contributed by atoms with van der Waals surface area (Å²) in [5, 5.41) is 8.55. The molecule has 1 aromatic rings. The highest BCUT2D eigenvalue weighted by Crippen LogP contribution is 2.22. The van der Waals surface area contributed by atoms with Gasteiger partial charge in [0.2, 0.25) is 11.8 Å². The molecule has 0 bridgehead atoms. The van der Waals surface area contributed by atoms with Gasteiger partial charge >= 0.3 is 0 Å². The highest BCUT2D eigenvalue weighted by molar-refractivity contribution is 7.09. The molecule has 1 atom stereocenters. The summed E-state index contributed by atoms with van der Waals surface area (Å²) in [5.74, 6) is 0.609. The molecule has 6 heteroatoms. The van der Waals surface area contributed by atoms with Crippen molar-refractivity contribution in [1.29, 1.82) is 0 Å². The molecule has 0 aliphatic rings. The number of rotatable bonds is 8. The Bertz CT molecular complexity index is 497. The molecular formula is C16H27N3O2S. The number of aromatic nitrogens is 1. The van der Waals surface area contributed by atoms with Crippen molar-refractivity contribution in [2.75, 3.05) is 6.54 Å². The number of thiazole rings is 1. The second-order valence-corrected chi connectivity index (χ2v) is 7.15. The van der Waals surface area contributed by atoms with E-state index in [2.05, 4.69) is 43.3 Å². The highest BCUT2D eigenvalue weighted by Gasteiger charge is 2.14. The molecule has 0 fully saturated rings. The summed E-state index contributed by atoms with van der Waals surface area (Å²) in [7, 11) is 0. The minimum absolute atomic E-state index is 0.0163. The quantitative estimate of drug-likeness (QED) is 0.772. The van der Waals surface area contributed by atoms with Crippen molar-refractivity contribution in [3.05, 3.63) is 16.1 Å². The fourth-order valence-electron chi connectivity index (χ4n) is 1.82. The maximum absolute atomic E-state index is 11.9. The molecule has 124 valence electrons. The van der Waals surface area contributed by atoms with Crippen molar-refractivity contribution in [1.82, 2.24) is 15.6 Å². The van der Waals surface area contributed by atoms with Gasteiger partial charge in [-0.2, -0.15) is 0 Å². The van der Waals surface area contributed by atoms with Gasteiger partial charge < -0.3 is 10.6 Å². The molecule has 0 spiro atoms. The first kappa shape index (κ1) is 18.6. The van der Waals surface area contributed by atoms with E-state index in [1.165, 1.54) is 0 Å². The lowest BCUT2D eigenvalue weighted by Crippen LogP contribution is -2.38. The minimum Gasteiger partial charge on any atom is -0.347 e. The maximum Gasteiger partial charge on any atom is 0.239 e. The monoisotopic (exact) mass is 325 g/mol. The van der Waals surface area contributed by atoms with Crippen LogP contribution < -0.4 is 10.6 Å². The van der Waals surface area contributed by atoms with Crippen molar-refractivity contribution < 1.29 is 9.59 Å². The molecule has 1 unspecified atom stereocenters. The summed E-state index contributed by atoms with van der Waals surface area (Å²) in [6.07, 6.45) is 1.30. The Morgan fingerprint density at radius 2 is 1.86 bits per heavy atom. The number of carbonyl (C=O) groups is 2. The van der Waals surface area contributed by atoms with Crippen LogP contribution in [-0.2, 0) is 9.59 Å². The maximum atomic E-state index is 11.9. The van der Waals surface area contributed by atoms with Crippen molar-refractivity contribution in [3.8, 4) is 0 Å². The van der Waals surface area contributed by atoms with E-state index in [0.29, 0.717) is 18.3 Å². The number of amides is 2. The zero-order chi connectivity index (χ0) is 16.7. The van der Waals surface area contributed by atoms with Gasteiger partial charge in [-0.25, -0.2) is 4.98 Å². The first-order valence-electron chi connectivity index (χ1n) is 7.81. The molecule has 22 heavy (non-hydrogen) atoms. The van der Waals surface area contributed by atoms with Gasteiger partial charge in [0.05, 0.1) is 23.3 Å². The Balaban J connectivity index is 2.36. The lowest BCUT2D eigenvalue weighted by molar-refractivity contribution is -0.126. The number of nitrogens with zero attached hydrogens (tertiary/aromatic N) is 1. The third-order valence-corrected chi connectivity index (χ3v) is 4.41. The first-order valence-corrected chi connectivity index (χ1v) is 8.69. The Hall–Kier alpha value is -1.43.